The fourth-order valence-corrected chi connectivity index (χ4v) is 3.47. The predicted octanol–water partition coefficient (Wildman–Crippen LogP) is 2.22. The highest BCUT2D eigenvalue weighted by atomic mass is 35.5. The van der Waals surface area contributed by atoms with Crippen molar-refractivity contribution >= 4 is 17.5 Å². The zero-order valence-corrected chi connectivity index (χ0v) is 12.6. The van der Waals surface area contributed by atoms with Crippen molar-refractivity contribution in [3.8, 4) is 0 Å². The number of carbonyl (C=O) groups excluding carboxylic acids is 1. The van der Waals surface area contributed by atoms with E-state index in [2.05, 4.69) is 6.92 Å². The van der Waals surface area contributed by atoms with Crippen LogP contribution in [-0.4, -0.2) is 39.7 Å². The largest absolute Gasteiger partial charge is 0.342 e. The Hall–Kier alpha value is -1.16. The van der Waals surface area contributed by atoms with Crippen LogP contribution in [0.1, 0.15) is 48.0 Å². The van der Waals surface area contributed by atoms with E-state index in [4.69, 9.17) is 21.6 Å². The van der Waals surface area contributed by atoms with Crippen molar-refractivity contribution in [1.82, 2.24) is 14.9 Å². The summed E-state index contributed by atoms with van der Waals surface area (Å²) in [6.45, 7) is 3.65. The van der Waals surface area contributed by atoms with E-state index in [-0.39, 0.29) is 11.8 Å². The summed E-state index contributed by atoms with van der Waals surface area (Å²) in [5.41, 5.74) is 3.78. The van der Waals surface area contributed by atoms with Crippen LogP contribution in [0.25, 0.3) is 0 Å². The van der Waals surface area contributed by atoms with Gasteiger partial charge in [0.25, 0.3) is 0 Å². The average Bonchev–Trinajstić information content (AvgIpc) is 2.95. The number of hydrogen-bond donors (Lipinski definition) is 0. The van der Waals surface area contributed by atoms with Gasteiger partial charge in [-0.3, -0.25) is 4.79 Å². The Morgan fingerprint density at radius 2 is 2.05 bits per heavy atom. The molecule has 0 unspecified atom stereocenters. The number of alkyl halides is 1. The molecule has 0 saturated carbocycles. The molecule has 1 saturated heterocycles. The van der Waals surface area contributed by atoms with Crippen molar-refractivity contribution in [2.45, 2.75) is 44.9 Å². The highest BCUT2D eigenvalue weighted by Crippen LogP contribution is 2.29. The monoisotopic (exact) mass is 293 g/mol. The summed E-state index contributed by atoms with van der Waals surface area (Å²) in [6, 6.07) is 0. The highest BCUT2D eigenvalue weighted by Gasteiger charge is 2.27. The van der Waals surface area contributed by atoms with Crippen LogP contribution in [0.15, 0.2) is 0 Å². The molecule has 1 aliphatic heterocycles. The van der Waals surface area contributed by atoms with E-state index in [1.165, 1.54) is 17.7 Å². The Kier molecular flexibility index (Phi) is 3.92. The van der Waals surface area contributed by atoms with Crippen molar-refractivity contribution in [2.75, 3.05) is 19.0 Å². The van der Waals surface area contributed by atoms with Crippen LogP contribution >= 0.6 is 11.6 Å². The van der Waals surface area contributed by atoms with Crippen LogP contribution < -0.4 is 0 Å². The maximum absolute atomic E-state index is 11.6. The minimum atomic E-state index is 0.0381. The third-order valence-electron chi connectivity index (χ3n) is 4.48. The van der Waals surface area contributed by atoms with Gasteiger partial charge in [0.05, 0.1) is 0 Å². The number of rotatable bonds is 2. The van der Waals surface area contributed by atoms with Crippen LogP contribution in [0.3, 0.4) is 0 Å². The van der Waals surface area contributed by atoms with Crippen molar-refractivity contribution in [2.24, 2.45) is 0 Å². The van der Waals surface area contributed by atoms with Crippen LogP contribution in [0, 0.1) is 6.92 Å². The maximum atomic E-state index is 11.6. The summed E-state index contributed by atoms with van der Waals surface area (Å²) in [4.78, 5) is 22.9. The van der Waals surface area contributed by atoms with Gasteiger partial charge in [-0.25, -0.2) is 9.97 Å². The van der Waals surface area contributed by atoms with Gasteiger partial charge in [0.2, 0.25) is 5.91 Å². The minimum absolute atomic E-state index is 0.0381. The van der Waals surface area contributed by atoms with E-state index in [1.807, 2.05) is 4.90 Å². The van der Waals surface area contributed by atoms with Gasteiger partial charge < -0.3 is 4.90 Å². The number of fused-ring (bicyclic) bond motifs is 1. The third kappa shape index (κ3) is 2.53. The first-order valence-electron chi connectivity index (χ1n) is 7.39. The third-order valence-corrected chi connectivity index (χ3v) is 4.71. The number of likely N-dealkylation sites (tertiary alicyclic amines) is 1. The molecule has 2 aliphatic rings. The van der Waals surface area contributed by atoms with Gasteiger partial charge in [0.15, 0.2) is 0 Å². The molecule has 108 valence electrons. The fourth-order valence-electron chi connectivity index (χ4n) is 3.30. The molecule has 0 radical (unpaired) electrons. The number of piperidine rings is 1. The molecule has 1 fully saturated rings. The molecular weight excluding hydrogens is 274 g/mol. The minimum Gasteiger partial charge on any atom is -0.342 e. The number of aryl methyl sites for hydroxylation is 2. The predicted molar refractivity (Wildman–Crippen MR) is 78.1 cm³/mol. The Morgan fingerprint density at radius 3 is 2.75 bits per heavy atom. The number of hydrogen-bond acceptors (Lipinski definition) is 3. The molecule has 0 aromatic carbocycles. The van der Waals surface area contributed by atoms with Gasteiger partial charge in [-0.15, -0.1) is 11.6 Å². The van der Waals surface area contributed by atoms with Gasteiger partial charge in [0, 0.05) is 30.4 Å². The molecule has 5 heteroatoms. The summed E-state index contributed by atoms with van der Waals surface area (Å²) in [6.07, 6.45) is 5.32. The molecule has 3 rings (SSSR count). The van der Waals surface area contributed by atoms with Gasteiger partial charge in [-0.2, -0.15) is 0 Å². The summed E-state index contributed by atoms with van der Waals surface area (Å²) < 4.78 is 0. The van der Waals surface area contributed by atoms with E-state index in [0.29, 0.717) is 5.92 Å². The van der Waals surface area contributed by atoms with E-state index >= 15 is 0 Å². The van der Waals surface area contributed by atoms with Crippen LogP contribution in [0.5, 0.6) is 0 Å². The molecule has 0 spiro atoms. The van der Waals surface area contributed by atoms with Crippen LogP contribution in [-0.2, 0) is 17.6 Å². The van der Waals surface area contributed by atoms with E-state index in [1.54, 1.807) is 0 Å². The van der Waals surface area contributed by atoms with Gasteiger partial charge in [-0.1, -0.05) is 0 Å². The normalized spacial score (nSPS) is 19.2. The van der Waals surface area contributed by atoms with Crippen molar-refractivity contribution < 1.29 is 4.79 Å². The molecule has 0 atom stereocenters. The Labute approximate surface area is 124 Å². The zero-order chi connectivity index (χ0) is 14.1. The molecule has 20 heavy (non-hydrogen) atoms. The SMILES string of the molecule is Cc1nc(C2CCN(C(=O)CCl)CC2)nc2c1CCC2. The molecule has 4 nitrogen and oxygen atoms in total. The van der Waals surface area contributed by atoms with Crippen LogP contribution in [0.4, 0.5) is 0 Å². The van der Waals surface area contributed by atoms with E-state index in [0.717, 1.165) is 50.3 Å². The lowest BCUT2D eigenvalue weighted by molar-refractivity contribution is -0.129. The molecule has 0 N–H and O–H groups in total. The number of carbonyl (C=O) groups is 1. The molecule has 1 amide bonds. The maximum Gasteiger partial charge on any atom is 0.237 e. The topological polar surface area (TPSA) is 46.1 Å². The first-order valence-corrected chi connectivity index (χ1v) is 7.92. The second kappa shape index (κ2) is 5.68. The number of halogens is 1. The Bertz CT molecular complexity index is 524. The highest BCUT2D eigenvalue weighted by molar-refractivity contribution is 6.27. The Balaban J connectivity index is 1.72. The van der Waals surface area contributed by atoms with Crippen LogP contribution in [0.2, 0.25) is 0 Å². The lowest BCUT2D eigenvalue weighted by Gasteiger charge is -2.31. The van der Waals surface area contributed by atoms with Gasteiger partial charge >= 0.3 is 0 Å². The molecule has 1 aliphatic carbocycles. The Morgan fingerprint density at radius 1 is 1.30 bits per heavy atom. The number of nitrogens with zero attached hydrogens (tertiary/aromatic N) is 3. The summed E-state index contributed by atoms with van der Waals surface area (Å²) in [5, 5.41) is 0. The fraction of sp³-hybridized carbons (Fsp3) is 0.667. The number of aromatic nitrogens is 2. The van der Waals surface area contributed by atoms with Crippen molar-refractivity contribution in [1.29, 1.82) is 0 Å². The quantitative estimate of drug-likeness (QED) is 0.786. The van der Waals surface area contributed by atoms with Crippen molar-refractivity contribution in [3.63, 3.8) is 0 Å². The lowest BCUT2D eigenvalue weighted by Crippen LogP contribution is -2.39. The first kappa shape index (κ1) is 13.8. The molecule has 1 aromatic rings. The zero-order valence-electron chi connectivity index (χ0n) is 11.9. The second-order valence-corrected chi connectivity index (χ2v) is 6.00. The van der Waals surface area contributed by atoms with Gasteiger partial charge in [0.1, 0.15) is 11.7 Å². The van der Waals surface area contributed by atoms with E-state index in [9.17, 15) is 4.79 Å². The molecule has 2 heterocycles. The standard InChI is InChI=1S/C15H20ClN3O/c1-10-12-3-2-4-13(12)18-15(17-10)11-5-7-19(8-6-11)14(20)9-16/h11H,2-9H2,1H3. The second-order valence-electron chi connectivity index (χ2n) is 5.73. The first-order chi connectivity index (χ1) is 9.69. The van der Waals surface area contributed by atoms with Gasteiger partial charge in [-0.05, 0) is 44.6 Å². The van der Waals surface area contributed by atoms with E-state index < -0.39 is 0 Å². The average molecular weight is 294 g/mol. The molecule has 0 bridgehead atoms. The smallest absolute Gasteiger partial charge is 0.237 e. The lowest BCUT2D eigenvalue weighted by atomic mass is 9.95. The molecular formula is C15H20ClN3O. The van der Waals surface area contributed by atoms with Crippen molar-refractivity contribution in [3.05, 3.63) is 22.8 Å². The number of amides is 1. The summed E-state index contributed by atoms with van der Waals surface area (Å²) in [7, 11) is 0. The molecule has 1 aromatic heterocycles. The summed E-state index contributed by atoms with van der Waals surface area (Å²) in [5.74, 6) is 1.50. The summed E-state index contributed by atoms with van der Waals surface area (Å²) >= 11 is 5.61.